The molecule has 0 aromatic rings. The standard InChI is InChI=1S/C13H23P/c1-2-11-14(12-7-3-4-8-12)13-9-5-6-10-13/h2,11-13H,3-10H2,1H3. The molecule has 0 saturated heterocycles. The fourth-order valence-corrected chi connectivity index (χ4v) is 6.47. The Kier molecular flexibility index (Phi) is 4.05. The van der Waals surface area contributed by atoms with Crippen molar-refractivity contribution in [3.8, 4) is 0 Å². The fraction of sp³-hybridized carbons (Fsp3) is 0.846. The van der Waals surface area contributed by atoms with Crippen molar-refractivity contribution >= 4 is 7.92 Å². The van der Waals surface area contributed by atoms with Gasteiger partial charge in [-0.25, -0.2) is 0 Å². The third-order valence-electron chi connectivity index (χ3n) is 3.81. The summed E-state index contributed by atoms with van der Waals surface area (Å²) in [5, 5.41) is 0. The molecule has 0 amide bonds. The Morgan fingerprint density at radius 3 is 1.64 bits per heavy atom. The highest BCUT2D eigenvalue weighted by Gasteiger charge is 2.30. The van der Waals surface area contributed by atoms with Gasteiger partial charge < -0.3 is 0 Å². The van der Waals surface area contributed by atoms with Crippen molar-refractivity contribution in [1.82, 2.24) is 0 Å². The lowest BCUT2D eigenvalue weighted by Gasteiger charge is -2.26. The maximum atomic E-state index is 2.58. The van der Waals surface area contributed by atoms with Gasteiger partial charge in [-0.2, -0.15) is 0 Å². The normalized spacial score (nSPS) is 25.9. The van der Waals surface area contributed by atoms with Crippen LogP contribution >= 0.6 is 7.92 Å². The van der Waals surface area contributed by atoms with Crippen molar-refractivity contribution in [2.24, 2.45) is 0 Å². The van der Waals surface area contributed by atoms with Gasteiger partial charge in [-0.3, -0.25) is 0 Å². The van der Waals surface area contributed by atoms with Crippen LogP contribution in [-0.2, 0) is 0 Å². The van der Waals surface area contributed by atoms with Gasteiger partial charge in [-0.05, 0) is 43.9 Å². The summed E-state index contributed by atoms with van der Waals surface area (Å²) in [6.07, 6.45) is 14.5. The molecule has 2 aliphatic rings. The number of hydrogen-bond acceptors (Lipinski definition) is 0. The zero-order valence-corrected chi connectivity index (χ0v) is 10.3. The van der Waals surface area contributed by atoms with Crippen molar-refractivity contribution in [2.75, 3.05) is 0 Å². The lowest BCUT2D eigenvalue weighted by atomic mass is 10.4. The molecular weight excluding hydrogens is 187 g/mol. The van der Waals surface area contributed by atoms with E-state index in [4.69, 9.17) is 0 Å². The topological polar surface area (TPSA) is 0 Å². The first-order valence-electron chi connectivity index (χ1n) is 6.32. The third kappa shape index (κ3) is 2.40. The van der Waals surface area contributed by atoms with Gasteiger partial charge in [-0.1, -0.05) is 45.5 Å². The van der Waals surface area contributed by atoms with E-state index >= 15 is 0 Å². The van der Waals surface area contributed by atoms with Gasteiger partial charge in [0.25, 0.3) is 0 Å². The molecule has 2 fully saturated rings. The van der Waals surface area contributed by atoms with Gasteiger partial charge in [0.1, 0.15) is 0 Å². The first kappa shape index (κ1) is 10.7. The Morgan fingerprint density at radius 2 is 1.29 bits per heavy atom. The maximum Gasteiger partial charge on any atom is -0.0172 e. The van der Waals surface area contributed by atoms with Gasteiger partial charge in [-0.15, -0.1) is 0 Å². The molecule has 0 radical (unpaired) electrons. The molecular formula is C13H23P. The number of allylic oxidation sites excluding steroid dienone is 1. The van der Waals surface area contributed by atoms with Crippen LogP contribution in [0, 0.1) is 0 Å². The molecule has 2 saturated carbocycles. The summed E-state index contributed by atoms with van der Waals surface area (Å²) in [5.41, 5.74) is 2.20. The van der Waals surface area contributed by atoms with Crippen molar-refractivity contribution < 1.29 is 0 Å². The molecule has 2 aliphatic carbocycles. The van der Waals surface area contributed by atoms with E-state index in [0.29, 0.717) is 0 Å². The smallest absolute Gasteiger partial charge is 0.0172 e. The maximum absolute atomic E-state index is 2.58. The Labute approximate surface area is 89.9 Å². The molecule has 0 bridgehead atoms. The van der Waals surface area contributed by atoms with Crippen LogP contribution in [0.15, 0.2) is 11.9 Å². The minimum absolute atomic E-state index is 0.256. The molecule has 0 heterocycles. The zero-order chi connectivity index (χ0) is 9.80. The van der Waals surface area contributed by atoms with Crippen molar-refractivity contribution in [2.45, 2.75) is 69.6 Å². The second kappa shape index (κ2) is 5.31. The molecule has 14 heavy (non-hydrogen) atoms. The van der Waals surface area contributed by atoms with Gasteiger partial charge >= 0.3 is 0 Å². The molecule has 80 valence electrons. The van der Waals surface area contributed by atoms with Crippen LogP contribution in [0.3, 0.4) is 0 Å². The van der Waals surface area contributed by atoms with Crippen molar-refractivity contribution in [3.05, 3.63) is 11.9 Å². The highest BCUT2D eigenvalue weighted by Crippen LogP contribution is 2.57. The molecule has 0 aromatic heterocycles. The van der Waals surface area contributed by atoms with E-state index in [9.17, 15) is 0 Å². The predicted octanol–water partition coefficient (Wildman–Crippen LogP) is 4.89. The van der Waals surface area contributed by atoms with Crippen LogP contribution in [0.25, 0.3) is 0 Å². The second-order valence-corrected chi connectivity index (χ2v) is 7.46. The SMILES string of the molecule is CC=CP(C1CCCC1)C1CCCC1. The largest absolute Gasteiger partial charge is 0.0872 e. The van der Waals surface area contributed by atoms with E-state index in [-0.39, 0.29) is 7.92 Å². The molecule has 2 rings (SSSR count). The Bertz CT molecular complexity index is 169. The van der Waals surface area contributed by atoms with Crippen LogP contribution in [0.5, 0.6) is 0 Å². The van der Waals surface area contributed by atoms with Gasteiger partial charge in [0.15, 0.2) is 0 Å². The van der Waals surface area contributed by atoms with Crippen LogP contribution in [0.2, 0.25) is 0 Å². The van der Waals surface area contributed by atoms with Crippen LogP contribution in [0.4, 0.5) is 0 Å². The number of hydrogen-bond donors (Lipinski definition) is 0. The molecule has 0 N–H and O–H groups in total. The molecule has 0 aromatic carbocycles. The summed E-state index contributed by atoms with van der Waals surface area (Å²) in [6, 6.07) is 0. The lowest BCUT2D eigenvalue weighted by Crippen LogP contribution is -2.08. The van der Waals surface area contributed by atoms with Crippen molar-refractivity contribution in [3.63, 3.8) is 0 Å². The van der Waals surface area contributed by atoms with Crippen LogP contribution < -0.4 is 0 Å². The summed E-state index contributed by atoms with van der Waals surface area (Å²) in [6.45, 7) is 2.21. The fourth-order valence-electron chi connectivity index (χ4n) is 3.12. The summed E-state index contributed by atoms with van der Waals surface area (Å²) in [4.78, 5) is 0. The zero-order valence-electron chi connectivity index (χ0n) is 9.41. The van der Waals surface area contributed by atoms with E-state index in [1.54, 1.807) is 0 Å². The monoisotopic (exact) mass is 210 g/mol. The number of rotatable bonds is 3. The predicted molar refractivity (Wildman–Crippen MR) is 66.2 cm³/mol. The second-order valence-electron chi connectivity index (χ2n) is 4.81. The summed E-state index contributed by atoms with van der Waals surface area (Å²) < 4.78 is 0. The van der Waals surface area contributed by atoms with Crippen LogP contribution in [-0.4, -0.2) is 11.3 Å². The molecule has 0 nitrogen and oxygen atoms in total. The van der Waals surface area contributed by atoms with Crippen LogP contribution in [0.1, 0.15) is 58.3 Å². The summed E-state index contributed by atoms with van der Waals surface area (Å²) in [7, 11) is 0.256. The highest BCUT2D eigenvalue weighted by atomic mass is 31.1. The van der Waals surface area contributed by atoms with E-state index in [0.717, 1.165) is 11.3 Å². The molecule has 1 heteroatoms. The summed E-state index contributed by atoms with van der Waals surface area (Å²) in [5.74, 6) is 2.58. The molecule has 0 unspecified atom stereocenters. The molecule has 0 spiro atoms. The minimum atomic E-state index is 0.256. The lowest BCUT2D eigenvalue weighted by molar-refractivity contribution is 0.835. The van der Waals surface area contributed by atoms with E-state index in [2.05, 4.69) is 18.8 Å². The Hall–Kier alpha value is 0.170. The minimum Gasteiger partial charge on any atom is -0.0872 e. The summed E-state index contributed by atoms with van der Waals surface area (Å²) >= 11 is 0. The Balaban J connectivity index is 1.98. The van der Waals surface area contributed by atoms with E-state index in [1.807, 2.05) is 0 Å². The first-order valence-corrected chi connectivity index (χ1v) is 7.87. The van der Waals surface area contributed by atoms with Gasteiger partial charge in [0.05, 0.1) is 0 Å². The molecule has 0 aliphatic heterocycles. The quantitative estimate of drug-likeness (QED) is 0.582. The van der Waals surface area contributed by atoms with Crippen molar-refractivity contribution in [1.29, 1.82) is 0 Å². The molecule has 0 atom stereocenters. The van der Waals surface area contributed by atoms with E-state index < -0.39 is 0 Å². The van der Waals surface area contributed by atoms with Gasteiger partial charge in [0, 0.05) is 0 Å². The third-order valence-corrected chi connectivity index (χ3v) is 7.18. The van der Waals surface area contributed by atoms with Gasteiger partial charge in [0.2, 0.25) is 0 Å². The van der Waals surface area contributed by atoms with E-state index in [1.165, 1.54) is 51.4 Å². The Morgan fingerprint density at radius 1 is 0.857 bits per heavy atom. The average molecular weight is 210 g/mol. The average Bonchev–Trinajstić information content (AvgIpc) is 2.87. The highest BCUT2D eigenvalue weighted by molar-refractivity contribution is 7.62. The first-order chi connectivity index (χ1) is 6.92.